The van der Waals surface area contributed by atoms with Crippen molar-refractivity contribution in [1.82, 2.24) is 9.88 Å². The second-order valence-electron chi connectivity index (χ2n) is 7.96. The zero-order valence-electron chi connectivity index (χ0n) is 17.5. The first kappa shape index (κ1) is 20.4. The fourth-order valence-corrected chi connectivity index (χ4v) is 4.12. The van der Waals surface area contributed by atoms with Crippen LogP contribution in [0.2, 0.25) is 0 Å². The SMILES string of the molecule is CCCOC(=O)c1cccc(CN2CCCC(Nc3cccc4cnccc34)C2)c1. The highest BCUT2D eigenvalue weighted by Crippen LogP contribution is 2.25. The summed E-state index contributed by atoms with van der Waals surface area (Å²) in [6.45, 7) is 5.35. The van der Waals surface area contributed by atoms with Gasteiger partial charge in [-0.05, 0) is 55.6 Å². The minimum atomic E-state index is -0.234. The van der Waals surface area contributed by atoms with E-state index in [1.807, 2.05) is 37.5 Å². The number of nitrogens with one attached hydrogen (secondary N) is 1. The standard InChI is InChI=1S/C25H29N3O2/c1-2-14-30-25(29)20-7-3-6-19(15-20)17-28-13-5-9-22(18-28)27-24-10-4-8-21-16-26-12-11-23(21)24/h3-4,6-8,10-12,15-16,22,27H,2,5,9,13-14,17-18H2,1H3. The van der Waals surface area contributed by atoms with Crippen LogP contribution < -0.4 is 5.32 Å². The van der Waals surface area contributed by atoms with Crippen LogP contribution in [0.15, 0.2) is 60.9 Å². The third-order valence-corrected chi connectivity index (χ3v) is 5.55. The lowest BCUT2D eigenvalue weighted by Gasteiger charge is -2.34. The van der Waals surface area contributed by atoms with Gasteiger partial charge in [-0.2, -0.15) is 0 Å². The molecule has 3 aromatic rings. The Bertz CT molecular complexity index is 999. The van der Waals surface area contributed by atoms with E-state index < -0.39 is 0 Å². The van der Waals surface area contributed by atoms with Crippen LogP contribution >= 0.6 is 0 Å². The number of benzene rings is 2. The molecule has 156 valence electrons. The van der Waals surface area contributed by atoms with Crippen molar-refractivity contribution >= 4 is 22.4 Å². The molecule has 30 heavy (non-hydrogen) atoms. The highest BCUT2D eigenvalue weighted by atomic mass is 16.5. The third-order valence-electron chi connectivity index (χ3n) is 5.55. The fraction of sp³-hybridized carbons (Fsp3) is 0.360. The van der Waals surface area contributed by atoms with Crippen molar-refractivity contribution in [3.05, 3.63) is 72.1 Å². The number of ether oxygens (including phenoxy) is 1. The lowest BCUT2D eigenvalue weighted by molar-refractivity contribution is 0.0505. The van der Waals surface area contributed by atoms with Crippen LogP contribution in [-0.4, -0.2) is 41.6 Å². The highest BCUT2D eigenvalue weighted by Gasteiger charge is 2.21. The number of likely N-dealkylation sites (tertiary alicyclic amines) is 1. The van der Waals surface area contributed by atoms with E-state index in [1.165, 1.54) is 11.1 Å². The number of hydrogen-bond acceptors (Lipinski definition) is 5. The fourth-order valence-electron chi connectivity index (χ4n) is 4.12. The van der Waals surface area contributed by atoms with E-state index in [0.29, 0.717) is 18.2 Å². The molecule has 1 aliphatic rings. The minimum Gasteiger partial charge on any atom is -0.462 e. The summed E-state index contributed by atoms with van der Waals surface area (Å²) in [5.74, 6) is -0.234. The normalized spacial score (nSPS) is 17.0. The molecule has 1 unspecified atom stereocenters. The van der Waals surface area contributed by atoms with Crippen LogP contribution in [0.25, 0.3) is 10.8 Å². The molecule has 0 amide bonds. The molecule has 2 heterocycles. The number of nitrogens with zero attached hydrogens (tertiary/aromatic N) is 2. The largest absolute Gasteiger partial charge is 0.462 e. The summed E-state index contributed by atoms with van der Waals surface area (Å²) in [6.07, 6.45) is 6.90. The topological polar surface area (TPSA) is 54.5 Å². The molecule has 0 saturated carbocycles. The number of pyridine rings is 1. The molecule has 5 heteroatoms. The monoisotopic (exact) mass is 403 g/mol. The number of piperidine rings is 1. The molecule has 5 nitrogen and oxygen atoms in total. The Hall–Kier alpha value is -2.92. The van der Waals surface area contributed by atoms with Gasteiger partial charge in [-0.3, -0.25) is 9.88 Å². The van der Waals surface area contributed by atoms with Crippen molar-refractivity contribution < 1.29 is 9.53 Å². The van der Waals surface area contributed by atoms with Crippen LogP contribution in [-0.2, 0) is 11.3 Å². The van der Waals surface area contributed by atoms with Gasteiger partial charge in [0.25, 0.3) is 0 Å². The van der Waals surface area contributed by atoms with E-state index in [1.54, 1.807) is 0 Å². The molecule has 1 N–H and O–H groups in total. The number of hydrogen-bond donors (Lipinski definition) is 1. The quantitative estimate of drug-likeness (QED) is 0.570. The van der Waals surface area contributed by atoms with Crippen LogP contribution in [0.3, 0.4) is 0 Å². The summed E-state index contributed by atoms with van der Waals surface area (Å²) in [7, 11) is 0. The molecule has 0 spiro atoms. The zero-order chi connectivity index (χ0) is 20.8. The maximum absolute atomic E-state index is 12.2. The number of carbonyl (C=O) groups is 1. The Morgan fingerprint density at radius 2 is 2.13 bits per heavy atom. The Morgan fingerprint density at radius 3 is 3.03 bits per heavy atom. The molecule has 0 bridgehead atoms. The van der Waals surface area contributed by atoms with Gasteiger partial charge in [0.15, 0.2) is 0 Å². The Kier molecular flexibility index (Phi) is 6.60. The van der Waals surface area contributed by atoms with Crippen molar-refractivity contribution in [2.24, 2.45) is 0 Å². The van der Waals surface area contributed by atoms with Gasteiger partial charge >= 0.3 is 5.97 Å². The lowest BCUT2D eigenvalue weighted by atomic mass is 10.0. The Morgan fingerprint density at radius 1 is 1.23 bits per heavy atom. The van der Waals surface area contributed by atoms with E-state index in [9.17, 15) is 4.79 Å². The summed E-state index contributed by atoms with van der Waals surface area (Å²) in [5, 5.41) is 6.11. The average molecular weight is 404 g/mol. The summed E-state index contributed by atoms with van der Waals surface area (Å²) >= 11 is 0. The first-order valence-corrected chi connectivity index (χ1v) is 10.8. The summed E-state index contributed by atoms with van der Waals surface area (Å²) in [4.78, 5) is 18.8. The maximum atomic E-state index is 12.2. The van der Waals surface area contributed by atoms with Crippen molar-refractivity contribution in [2.75, 3.05) is 25.0 Å². The molecule has 1 fully saturated rings. The first-order chi connectivity index (χ1) is 14.7. The molecule has 1 saturated heterocycles. The summed E-state index contributed by atoms with van der Waals surface area (Å²) in [5.41, 5.74) is 2.96. The Balaban J connectivity index is 1.40. The van der Waals surface area contributed by atoms with Gasteiger partial charge in [0.1, 0.15) is 0 Å². The number of anilines is 1. The van der Waals surface area contributed by atoms with Gasteiger partial charge in [-0.25, -0.2) is 4.79 Å². The van der Waals surface area contributed by atoms with E-state index in [2.05, 4.69) is 45.5 Å². The van der Waals surface area contributed by atoms with Gasteiger partial charge in [0.05, 0.1) is 12.2 Å². The molecule has 1 aliphatic heterocycles. The van der Waals surface area contributed by atoms with E-state index in [4.69, 9.17) is 4.74 Å². The highest BCUT2D eigenvalue weighted by molar-refractivity contribution is 5.93. The number of fused-ring (bicyclic) bond motifs is 1. The first-order valence-electron chi connectivity index (χ1n) is 10.8. The van der Waals surface area contributed by atoms with E-state index in [0.717, 1.165) is 49.8 Å². The van der Waals surface area contributed by atoms with Crippen LogP contribution in [0.4, 0.5) is 5.69 Å². The summed E-state index contributed by atoms with van der Waals surface area (Å²) < 4.78 is 5.27. The second kappa shape index (κ2) is 9.72. The molecular formula is C25H29N3O2. The minimum absolute atomic E-state index is 0.234. The zero-order valence-corrected chi connectivity index (χ0v) is 17.5. The predicted octanol–water partition coefficient (Wildman–Crippen LogP) is 4.88. The van der Waals surface area contributed by atoms with Gasteiger partial charge in [0.2, 0.25) is 0 Å². The van der Waals surface area contributed by atoms with E-state index >= 15 is 0 Å². The number of esters is 1. The Labute approximate surface area is 178 Å². The maximum Gasteiger partial charge on any atom is 0.338 e. The van der Waals surface area contributed by atoms with Crippen molar-refractivity contribution in [2.45, 2.75) is 38.8 Å². The molecule has 1 aromatic heterocycles. The lowest BCUT2D eigenvalue weighted by Crippen LogP contribution is -2.41. The predicted molar refractivity (Wildman–Crippen MR) is 121 cm³/mol. The molecular weight excluding hydrogens is 374 g/mol. The van der Waals surface area contributed by atoms with Crippen LogP contribution in [0.1, 0.15) is 42.1 Å². The van der Waals surface area contributed by atoms with Crippen molar-refractivity contribution in [3.63, 3.8) is 0 Å². The van der Waals surface area contributed by atoms with Crippen molar-refractivity contribution in [3.8, 4) is 0 Å². The molecule has 1 atom stereocenters. The van der Waals surface area contributed by atoms with Gasteiger partial charge in [-0.1, -0.05) is 31.2 Å². The molecule has 0 aliphatic carbocycles. The third kappa shape index (κ3) is 4.97. The smallest absolute Gasteiger partial charge is 0.338 e. The number of rotatable bonds is 7. The van der Waals surface area contributed by atoms with Crippen molar-refractivity contribution in [1.29, 1.82) is 0 Å². The molecule has 2 aromatic carbocycles. The van der Waals surface area contributed by atoms with Gasteiger partial charge in [0, 0.05) is 48.0 Å². The van der Waals surface area contributed by atoms with Crippen LogP contribution in [0, 0.1) is 0 Å². The van der Waals surface area contributed by atoms with Gasteiger partial charge < -0.3 is 10.1 Å². The van der Waals surface area contributed by atoms with Crippen LogP contribution in [0.5, 0.6) is 0 Å². The van der Waals surface area contributed by atoms with E-state index in [-0.39, 0.29) is 5.97 Å². The molecule has 4 rings (SSSR count). The second-order valence-corrected chi connectivity index (χ2v) is 7.96. The summed E-state index contributed by atoms with van der Waals surface area (Å²) in [6, 6.07) is 16.6. The number of carbonyl (C=O) groups excluding carboxylic acids is 1. The molecule has 0 radical (unpaired) electrons. The average Bonchev–Trinajstić information content (AvgIpc) is 2.78. The number of aromatic nitrogens is 1. The van der Waals surface area contributed by atoms with Gasteiger partial charge in [-0.15, -0.1) is 0 Å².